The van der Waals surface area contributed by atoms with Gasteiger partial charge in [-0.05, 0) is 37.0 Å². The molecule has 14 heavy (non-hydrogen) atoms. The second kappa shape index (κ2) is 3.82. The molecule has 3 aliphatic rings. The molecule has 0 amide bonds. The Balaban J connectivity index is 1.54. The van der Waals surface area contributed by atoms with Gasteiger partial charge in [-0.3, -0.25) is 0 Å². The summed E-state index contributed by atoms with van der Waals surface area (Å²) < 4.78 is 0. The van der Waals surface area contributed by atoms with Gasteiger partial charge in [-0.25, -0.2) is 0 Å². The van der Waals surface area contributed by atoms with E-state index in [4.69, 9.17) is 0 Å². The lowest BCUT2D eigenvalue weighted by Crippen LogP contribution is -2.52. The SMILES string of the molecule is C1CC2CC(C1)CN(CC1CNC1)C2. The molecule has 0 aromatic heterocycles. The lowest BCUT2D eigenvalue weighted by molar-refractivity contribution is 0.0658. The van der Waals surface area contributed by atoms with Crippen molar-refractivity contribution in [2.45, 2.75) is 25.7 Å². The van der Waals surface area contributed by atoms with Crippen molar-refractivity contribution in [1.29, 1.82) is 0 Å². The first-order valence-electron chi connectivity index (χ1n) is 6.33. The molecule has 2 unspecified atom stereocenters. The fourth-order valence-corrected chi connectivity index (χ4v) is 3.53. The molecule has 0 radical (unpaired) electrons. The highest BCUT2D eigenvalue weighted by Crippen LogP contribution is 2.34. The Kier molecular flexibility index (Phi) is 2.50. The lowest BCUT2D eigenvalue weighted by Gasteiger charge is -2.43. The first kappa shape index (κ1) is 9.17. The average Bonchev–Trinajstić information content (AvgIpc) is 2.11. The minimum atomic E-state index is 0.967. The number of rotatable bonds is 2. The Labute approximate surface area is 87.0 Å². The van der Waals surface area contributed by atoms with Crippen LogP contribution in [0.3, 0.4) is 0 Å². The molecule has 80 valence electrons. The normalized spacial score (nSPS) is 39.4. The minimum Gasteiger partial charge on any atom is -0.316 e. The summed E-state index contributed by atoms with van der Waals surface area (Å²) in [6.45, 7) is 6.73. The topological polar surface area (TPSA) is 15.3 Å². The maximum absolute atomic E-state index is 3.37. The average molecular weight is 194 g/mol. The number of hydrogen-bond donors (Lipinski definition) is 1. The van der Waals surface area contributed by atoms with E-state index in [1.54, 1.807) is 6.42 Å². The van der Waals surface area contributed by atoms with E-state index < -0.39 is 0 Å². The molecule has 2 heteroatoms. The van der Waals surface area contributed by atoms with Crippen molar-refractivity contribution < 1.29 is 0 Å². The van der Waals surface area contributed by atoms with E-state index in [1.807, 2.05) is 0 Å². The first-order valence-corrected chi connectivity index (χ1v) is 6.33. The number of hydrogen-bond acceptors (Lipinski definition) is 2. The van der Waals surface area contributed by atoms with E-state index in [9.17, 15) is 0 Å². The number of fused-ring (bicyclic) bond motifs is 2. The first-order chi connectivity index (χ1) is 6.90. The van der Waals surface area contributed by atoms with Crippen molar-refractivity contribution in [2.24, 2.45) is 17.8 Å². The van der Waals surface area contributed by atoms with Crippen LogP contribution in [0, 0.1) is 17.8 Å². The summed E-state index contributed by atoms with van der Waals surface area (Å²) in [7, 11) is 0. The van der Waals surface area contributed by atoms with Gasteiger partial charge in [-0.2, -0.15) is 0 Å². The van der Waals surface area contributed by atoms with Crippen molar-refractivity contribution in [3.63, 3.8) is 0 Å². The molecule has 1 N–H and O–H groups in total. The van der Waals surface area contributed by atoms with Crippen LogP contribution in [0.1, 0.15) is 25.7 Å². The van der Waals surface area contributed by atoms with Gasteiger partial charge in [-0.15, -0.1) is 0 Å². The summed E-state index contributed by atoms with van der Waals surface area (Å²) in [5.41, 5.74) is 0. The van der Waals surface area contributed by atoms with Gasteiger partial charge in [-0.1, -0.05) is 6.42 Å². The molecule has 2 heterocycles. The molecule has 3 fully saturated rings. The van der Waals surface area contributed by atoms with Crippen LogP contribution in [-0.2, 0) is 0 Å². The zero-order chi connectivity index (χ0) is 9.38. The Morgan fingerprint density at radius 3 is 2.36 bits per heavy atom. The van der Waals surface area contributed by atoms with Crippen molar-refractivity contribution >= 4 is 0 Å². The largest absolute Gasteiger partial charge is 0.316 e. The van der Waals surface area contributed by atoms with Gasteiger partial charge < -0.3 is 10.2 Å². The maximum atomic E-state index is 3.37. The Morgan fingerprint density at radius 2 is 1.79 bits per heavy atom. The van der Waals surface area contributed by atoms with Gasteiger partial charge in [0.2, 0.25) is 0 Å². The van der Waals surface area contributed by atoms with Gasteiger partial charge in [0, 0.05) is 32.7 Å². The van der Waals surface area contributed by atoms with Crippen LogP contribution in [0.2, 0.25) is 0 Å². The maximum Gasteiger partial charge on any atom is 0.00342 e. The quantitative estimate of drug-likeness (QED) is 0.713. The minimum absolute atomic E-state index is 0.967. The van der Waals surface area contributed by atoms with Gasteiger partial charge in [0.1, 0.15) is 0 Å². The molecule has 1 aliphatic carbocycles. The molecule has 2 nitrogen and oxygen atoms in total. The van der Waals surface area contributed by atoms with E-state index in [2.05, 4.69) is 10.2 Å². The third kappa shape index (κ3) is 1.82. The Hall–Kier alpha value is -0.0800. The highest BCUT2D eigenvalue weighted by Gasteiger charge is 2.31. The summed E-state index contributed by atoms with van der Waals surface area (Å²) >= 11 is 0. The highest BCUT2D eigenvalue weighted by molar-refractivity contribution is 4.86. The Bertz CT molecular complexity index is 186. The predicted molar refractivity (Wildman–Crippen MR) is 58.2 cm³/mol. The summed E-state index contributed by atoms with van der Waals surface area (Å²) in [5, 5.41) is 3.37. The number of nitrogens with one attached hydrogen (secondary N) is 1. The molecule has 2 bridgehead atoms. The number of likely N-dealkylation sites (tertiary alicyclic amines) is 1. The third-order valence-electron chi connectivity index (χ3n) is 4.31. The monoisotopic (exact) mass is 194 g/mol. The van der Waals surface area contributed by atoms with Crippen LogP contribution < -0.4 is 5.32 Å². The van der Waals surface area contributed by atoms with Crippen molar-refractivity contribution in [1.82, 2.24) is 10.2 Å². The fourth-order valence-electron chi connectivity index (χ4n) is 3.53. The van der Waals surface area contributed by atoms with Gasteiger partial charge >= 0.3 is 0 Å². The molecule has 2 saturated heterocycles. The molecule has 0 aromatic carbocycles. The summed E-state index contributed by atoms with van der Waals surface area (Å²) in [6, 6.07) is 0. The second-order valence-corrected chi connectivity index (χ2v) is 5.64. The van der Waals surface area contributed by atoms with Crippen LogP contribution in [0.5, 0.6) is 0 Å². The summed E-state index contributed by atoms with van der Waals surface area (Å²) in [5.74, 6) is 3.07. The molecule has 2 atom stereocenters. The van der Waals surface area contributed by atoms with E-state index >= 15 is 0 Å². The smallest absolute Gasteiger partial charge is 0.00342 e. The number of piperidine rings is 1. The van der Waals surface area contributed by atoms with Crippen LogP contribution in [0.15, 0.2) is 0 Å². The molecule has 2 aliphatic heterocycles. The van der Waals surface area contributed by atoms with Crippen LogP contribution in [0.25, 0.3) is 0 Å². The standard InChI is InChI=1S/C12H22N2/c1-2-10-4-11(3-1)8-14(7-10)9-12-5-13-6-12/h10-13H,1-9H2. The lowest BCUT2D eigenvalue weighted by atomic mass is 9.77. The van der Waals surface area contributed by atoms with E-state index in [0.717, 1.165) is 17.8 Å². The molecule has 0 aromatic rings. The van der Waals surface area contributed by atoms with Crippen LogP contribution in [0.4, 0.5) is 0 Å². The molecule has 1 saturated carbocycles. The van der Waals surface area contributed by atoms with E-state index in [1.165, 1.54) is 52.0 Å². The van der Waals surface area contributed by atoms with E-state index in [-0.39, 0.29) is 0 Å². The summed E-state index contributed by atoms with van der Waals surface area (Å²) in [4.78, 5) is 2.75. The van der Waals surface area contributed by atoms with Crippen molar-refractivity contribution in [2.75, 3.05) is 32.7 Å². The predicted octanol–water partition coefficient (Wildman–Crippen LogP) is 1.33. The van der Waals surface area contributed by atoms with Gasteiger partial charge in [0.05, 0.1) is 0 Å². The van der Waals surface area contributed by atoms with Gasteiger partial charge in [0.25, 0.3) is 0 Å². The number of nitrogens with zero attached hydrogens (tertiary/aromatic N) is 1. The molecule has 0 spiro atoms. The zero-order valence-electron chi connectivity index (χ0n) is 9.04. The zero-order valence-corrected chi connectivity index (χ0v) is 9.04. The highest BCUT2D eigenvalue weighted by atomic mass is 15.2. The molecular formula is C12H22N2. The molecule has 3 rings (SSSR count). The van der Waals surface area contributed by atoms with Crippen LogP contribution in [-0.4, -0.2) is 37.6 Å². The summed E-state index contributed by atoms with van der Waals surface area (Å²) in [6.07, 6.45) is 6.07. The van der Waals surface area contributed by atoms with Crippen LogP contribution >= 0.6 is 0 Å². The third-order valence-corrected chi connectivity index (χ3v) is 4.31. The fraction of sp³-hybridized carbons (Fsp3) is 1.00. The second-order valence-electron chi connectivity index (χ2n) is 5.64. The van der Waals surface area contributed by atoms with Gasteiger partial charge in [0.15, 0.2) is 0 Å². The van der Waals surface area contributed by atoms with E-state index in [0.29, 0.717) is 0 Å². The van der Waals surface area contributed by atoms with Crippen molar-refractivity contribution in [3.8, 4) is 0 Å². The Morgan fingerprint density at radius 1 is 1.07 bits per heavy atom. The van der Waals surface area contributed by atoms with Crippen molar-refractivity contribution in [3.05, 3.63) is 0 Å². The molecular weight excluding hydrogens is 172 g/mol.